The van der Waals surface area contributed by atoms with Crippen molar-refractivity contribution in [1.29, 1.82) is 5.26 Å². The number of likely N-dealkylation sites (tertiary alicyclic amines) is 1. The molecule has 3 aliphatic rings. The van der Waals surface area contributed by atoms with Crippen molar-refractivity contribution in [1.82, 2.24) is 10.2 Å². The molecular weight excluding hydrogens is 346 g/mol. The van der Waals surface area contributed by atoms with E-state index >= 15 is 0 Å². The Labute approximate surface area is 170 Å². The molecule has 0 spiro atoms. The van der Waals surface area contributed by atoms with Gasteiger partial charge in [0.05, 0.1) is 11.4 Å². The number of hydrogen-bond donors (Lipinski definition) is 1. The molecule has 1 aliphatic carbocycles. The van der Waals surface area contributed by atoms with Crippen LogP contribution in [-0.2, 0) is 0 Å². The van der Waals surface area contributed by atoms with E-state index in [0.717, 1.165) is 12.6 Å². The molecule has 5 nitrogen and oxygen atoms in total. The second-order valence-electron chi connectivity index (χ2n) is 8.58. The lowest BCUT2D eigenvalue weighted by Crippen LogP contribution is -2.57. The van der Waals surface area contributed by atoms with Gasteiger partial charge in [-0.05, 0) is 44.7 Å². The fourth-order valence-electron chi connectivity index (χ4n) is 5.61. The quantitative estimate of drug-likeness (QED) is 0.623. The summed E-state index contributed by atoms with van der Waals surface area (Å²) in [6, 6.07) is 9.93. The van der Waals surface area contributed by atoms with Crippen LogP contribution in [0.2, 0.25) is 0 Å². The topological polar surface area (TPSA) is 45.5 Å². The lowest BCUT2D eigenvalue weighted by Gasteiger charge is -2.43. The van der Waals surface area contributed by atoms with Crippen LogP contribution in [0, 0.1) is 11.5 Å². The number of nitriles is 1. The van der Waals surface area contributed by atoms with Crippen molar-refractivity contribution in [3.63, 3.8) is 0 Å². The van der Waals surface area contributed by atoms with Crippen LogP contribution in [0.3, 0.4) is 0 Å². The van der Waals surface area contributed by atoms with Gasteiger partial charge < -0.3 is 14.7 Å². The summed E-state index contributed by atoms with van der Waals surface area (Å²) >= 11 is 0. The number of piperidine rings is 1. The highest BCUT2D eigenvalue weighted by molar-refractivity contribution is 5.77. The van der Waals surface area contributed by atoms with Crippen molar-refractivity contribution in [2.24, 2.45) is 0 Å². The molecule has 1 saturated heterocycles. The number of nitrogens with one attached hydrogen (secondary N) is 1. The van der Waals surface area contributed by atoms with Crippen LogP contribution >= 0.6 is 0 Å². The van der Waals surface area contributed by atoms with Crippen LogP contribution in [0.25, 0.3) is 0 Å². The molecule has 1 aromatic rings. The van der Waals surface area contributed by atoms with Gasteiger partial charge in [-0.3, -0.25) is 5.32 Å². The first kappa shape index (κ1) is 19.4. The molecular formula is C23H35N5. The molecule has 28 heavy (non-hydrogen) atoms. The third-order valence-electron chi connectivity index (χ3n) is 7.05. The standard InChI is InChI=1S/C23H35N5/c1-2-27-21-12-8-9-13-22(21)28(23(27)25-18-24)20-14-16-26(17-15-20)19-10-6-4-3-5-7-11-19/h8-9,12-13,19-20,23,25H,2-7,10-11,14-17H2,1H3. The van der Waals surface area contributed by atoms with Crippen LogP contribution in [0.15, 0.2) is 24.3 Å². The number of para-hydroxylation sites is 2. The van der Waals surface area contributed by atoms with E-state index < -0.39 is 0 Å². The molecule has 2 aliphatic heterocycles. The zero-order chi connectivity index (χ0) is 19.3. The van der Waals surface area contributed by atoms with Crippen molar-refractivity contribution >= 4 is 11.4 Å². The van der Waals surface area contributed by atoms with Gasteiger partial charge in [0.1, 0.15) is 0 Å². The largest absolute Gasteiger partial charge is 0.332 e. The number of nitrogens with zero attached hydrogens (tertiary/aromatic N) is 4. The molecule has 1 atom stereocenters. The Bertz CT molecular complexity index is 668. The van der Waals surface area contributed by atoms with E-state index in [1.807, 2.05) is 0 Å². The van der Waals surface area contributed by atoms with Crippen molar-refractivity contribution in [2.75, 3.05) is 29.4 Å². The SMILES string of the molecule is CCN1c2ccccc2N(C2CCN(C3CCCCCCC3)CC2)C1NC#N. The summed E-state index contributed by atoms with van der Waals surface area (Å²) in [5, 5.41) is 12.4. The van der Waals surface area contributed by atoms with Crippen molar-refractivity contribution < 1.29 is 0 Å². The van der Waals surface area contributed by atoms with Crippen LogP contribution in [0.4, 0.5) is 11.4 Å². The van der Waals surface area contributed by atoms with Crippen molar-refractivity contribution in [3.8, 4) is 6.19 Å². The summed E-state index contributed by atoms with van der Waals surface area (Å²) in [5.41, 5.74) is 2.53. The zero-order valence-corrected chi connectivity index (χ0v) is 17.3. The molecule has 0 radical (unpaired) electrons. The third-order valence-corrected chi connectivity index (χ3v) is 7.05. The molecule has 4 rings (SSSR count). The average molecular weight is 382 g/mol. The maximum atomic E-state index is 9.37. The molecule has 0 bridgehead atoms. The van der Waals surface area contributed by atoms with E-state index in [4.69, 9.17) is 0 Å². The van der Waals surface area contributed by atoms with Gasteiger partial charge in [0.25, 0.3) is 0 Å². The molecule has 1 unspecified atom stereocenters. The minimum atomic E-state index is -0.0506. The van der Waals surface area contributed by atoms with Gasteiger partial charge in [-0.25, -0.2) is 0 Å². The number of anilines is 2. The summed E-state index contributed by atoms with van der Waals surface area (Å²) in [5.74, 6) is 0. The van der Waals surface area contributed by atoms with E-state index in [-0.39, 0.29) is 6.29 Å². The normalized spacial score (nSPS) is 25.1. The van der Waals surface area contributed by atoms with E-state index in [1.54, 1.807) is 0 Å². The Kier molecular flexibility index (Phi) is 6.26. The first-order valence-corrected chi connectivity index (χ1v) is 11.4. The van der Waals surface area contributed by atoms with Crippen molar-refractivity contribution in [3.05, 3.63) is 24.3 Å². The van der Waals surface area contributed by atoms with Gasteiger partial charge in [-0.1, -0.05) is 44.2 Å². The maximum absolute atomic E-state index is 9.37. The first-order chi connectivity index (χ1) is 13.8. The zero-order valence-electron chi connectivity index (χ0n) is 17.3. The molecule has 152 valence electrons. The summed E-state index contributed by atoms with van der Waals surface area (Å²) in [6.45, 7) is 5.45. The smallest absolute Gasteiger partial charge is 0.187 e. The summed E-state index contributed by atoms with van der Waals surface area (Å²) in [4.78, 5) is 7.57. The van der Waals surface area contributed by atoms with Crippen LogP contribution in [0.1, 0.15) is 64.7 Å². The molecule has 1 saturated carbocycles. The number of fused-ring (bicyclic) bond motifs is 1. The summed E-state index contributed by atoms with van der Waals surface area (Å²) in [6.07, 6.45) is 14.4. The van der Waals surface area contributed by atoms with Gasteiger partial charge in [0, 0.05) is 31.7 Å². The highest BCUT2D eigenvalue weighted by Crippen LogP contribution is 2.41. The second kappa shape index (κ2) is 9.05. The molecule has 2 heterocycles. The van der Waals surface area contributed by atoms with E-state index in [1.165, 1.54) is 82.3 Å². The Hall–Kier alpha value is -1.93. The number of benzene rings is 1. The summed E-state index contributed by atoms with van der Waals surface area (Å²) < 4.78 is 0. The first-order valence-electron chi connectivity index (χ1n) is 11.4. The van der Waals surface area contributed by atoms with Gasteiger partial charge >= 0.3 is 0 Å². The van der Waals surface area contributed by atoms with Crippen LogP contribution < -0.4 is 15.1 Å². The predicted molar refractivity (Wildman–Crippen MR) is 115 cm³/mol. The fraction of sp³-hybridized carbons (Fsp3) is 0.696. The number of hydrogen-bond acceptors (Lipinski definition) is 5. The second-order valence-corrected chi connectivity index (χ2v) is 8.58. The molecule has 1 aromatic carbocycles. The van der Waals surface area contributed by atoms with E-state index in [9.17, 15) is 5.26 Å². The lowest BCUT2D eigenvalue weighted by atomic mass is 9.93. The molecule has 5 heteroatoms. The minimum Gasteiger partial charge on any atom is -0.332 e. The van der Waals surface area contributed by atoms with Crippen LogP contribution in [0.5, 0.6) is 0 Å². The highest BCUT2D eigenvalue weighted by Gasteiger charge is 2.40. The Morgan fingerprint density at radius 2 is 1.57 bits per heavy atom. The van der Waals surface area contributed by atoms with Gasteiger partial charge in [-0.15, -0.1) is 0 Å². The third kappa shape index (κ3) is 3.80. The van der Waals surface area contributed by atoms with Gasteiger partial charge in [-0.2, -0.15) is 5.26 Å². The number of rotatable bonds is 4. The Morgan fingerprint density at radius 1 is 0.929 bits per heavy atom. The van der Waals surface area contributed by atoms with E-state index in [2.05, 4.69) is 57.4 Å². The summed E-state index contributed by atoms with van der Waals surface area (Å²) in [7, 11) is 0. The Balaban J connectivity index is 1.46. The average Bonchev–Trinajstić information content (AvgIpc) is 3.01. The Morgan fingerprint density at radius 3 is 2.21 bits per heavy atom. The highest BCUT2D eigenvalue weighted by atomic mass is 15.5. The monoisotopic (exact) mass is 381 g/mol. The molecule has 1 N–H and O–H groups in total. The lowest BCUT2D eigenvalue weighted by molar-refractivity contribution is 0.126. The molecule has 2 fully saturated rings. The minimum absolute atomic E-state index is 0.0506. The van der Waals surface area contributed by atoms with Crippen molar-refractivity contribution in [2.45, 2.75) is 83.1 Å². The van der Waals surface area contributed by atoms with Gasteiger partial charge in [0.2, 0.25) is 0 Å². The van der Waals surface area contributed by atoms with E-state index in [0.29, 0.717) is 6.04 Å². The maximum Gasteiger partial charge on any atom is 0.187 e. The van der Waals surface area contributed by atoms with Crippen LogP contribution in [-0.4, -0.2) is 42.9 Å². The predicted octanol–water partition coefficient (Wildman–Crippen LogP) is 4.26. The van der Waals surface area contributed by atoms with Gasteiger partial charge in [0.15, 0.2) is 12.5 Å². The fourth-order valence-corrected chi connectivity index (χ4v) is 5.61. The molecule has 0 aromatic heterocycles. The molecule has 0 amide bonds.